The number of nitrogens with zero attached hydrogens (tertiary/aromatic N) is 1. The number of rotatable bonds is 4. The van der Waals surface area contributed by atoms with Crippen molar-refractivity contribution in [1.82, 2.24) is 0 Å². The van der Waals surface area contributed by atoms with E-state index in [9.17, 15) is 10.1 Å². The maximum absolute atomic E-state index is 12.1. The summed E-state index contributed by atoms with van der Waals surface area (Å²) in [5.74, 6) is 1.14. The van der Waals surface area contributed by atoms with E-state index in [1.807, 2.05) is 0 Å². The van der Waals surface area contributed by atoms with Gasteiger partial charge < -0.3 is 9.47 Å². The number of Topliss-reactive ketones (excluding diaryl/α,β-unsaturated/α-hetero) is 1. The Balaban J connectivity index is 1.82. The van der Waals surface area contributed by atoms with Gasteiger partial charge in [-0.05, 0) is 36.5 Å². The Bertz CT molecular complexity index is 543. The summed E-state index contributed by atoms with van der Waals surface area (Å²) < 4.78 is 10.9. The van der Waals surface area contributed by atoms with Gasteiger partial charge in [-0.1, -0.05) is 6.07 Å². The van der Waals surface area contributed by atoms with Gasteiger partial charge in [-0.2, -0.15) is 5.26 Å². The van der Waals surface area contributed by atoms with E-state index in [0.29, 0.717) is 42.6 Å². The van der Waals surface area contributed by atoms with Gasteiger partial charge in [0.2, 0.25) is 0 Å². The van der Waals surface area contributed by atoms with Gasteiger partial charge in [0.1, 0.15) is 19.1 Å². The summed E-state index contributed by atoms with van der Waals surface area (Å²) in [6.45, 7) is 1.04. The Morgan fingerprint density at radius 1 is 1.32 bits per heavy atom. The van der Waals surface area contributed by atoms with Crippen molar-refractivity contribution in [2.45, 2.75) is 25.2 Å². The zero-order valence-corrected chi connectivity index (χ0v) is 10.6. The average molecular weight is 257 g/mol. The van der Waals surface area contributed by atoms with E-state index in [2.05, 4.69) is 6.07 Å². The first-order valence-corrected chi connectivity index (χ1v) is 6.60. The molecule has 1 unspecified atom stereocenters. The van der Waals surface area contributed by atoms with Crippen molar-refractivity contribution in [1.29, 1.82) is 5.26 Å². The second kappa shape index (κ2) is 4.93. The molecule has 0 bridgehead atoms. The third-order valence-electron chi connectivity index (χ3n) is 3.54. The van der Waals surface area contributed by atoms with Crippen LogP contribution in [0.4, 0.5) is 0 Å². The fourth-order valence-corrected chi connectivity index (χ4v) is 2.30. The molecule has 4 heteroatoms. The van der Waals surface area contributed by atoms with E-state index in [0.717, 1.165) is 12.8 Å². The first kappa shape index (κ1) is 12.0. The van der Waals surface area contributed by atoms with Gasteiger partial charge in [0.25, 0.3) is 0 Å². The number of fused-ring (bicyclic) bond motifs is 1. The molecular weight excluding hydrogens is 242 g/mol. The predicted octanol–water partition coefficient (Wildman–Crippen LogP) is 2.43. The number of nitriles is 1. The first-order valence-electron chi connectivity index (χ1n) is 6.60. The standard InChI is InChI=1S/C15H15NO3/c16-9-12(13(17)7-10-1-2-10)11-3-4-14-15(8-11)19-6-5-18-14/h3-4,8,10,12H,1-2,5-7H2. The van der Waals surface area contributed by atoms with Crippen molar-refractivity contribution in [3.8, 4) is 17.6 Å². The molecule has 2 aliphatic rings. The number of ketones is 1. The Hall–Kier alpha value is -2.02. The van der Waals surface area contributed by atoms with Crippen molar-refractivity contribution >= 4 is 5.78 Å². The summed E-state index contributed by atoms with van der Waals surface area (Å²) in [6, 6.07) is 7.43. The summed E-state index contributed by atoms with van der Waals surface area (Å²) in [6.07, 6.45) is 2.75. The second-order valence-corrected chi connectivity index (χ2v) is 5.08. The van der Waals surface area contributed by atoms with Crippen LogP contribution in [0.3, 0.4) is 0 Å². The molecule has 98 valence electrons. The van der Waals surface area contributed by atoms with E-state index in [1.165, 1.54) is 0 Å². The molecule has 1 fully saturated rings. The van der Waals surface area contributed by atoms with Crippen LogP contribution in [0.2, 0.25) is 0 Å². The monoisotopic (exact) mass is 257 g/mol. The predicted molar refractivity (Wildman–Crippen MR) is 68.1 cm³/mol. The van der Waals surface area contributed by atoms with Crippen LogP contribution in [0.5, 0.6) is 11.5 Å². The first-order chi connectivity index (χ1) is 9.28. The van der Waals surface area contributed by atoms with Gasteiger partial charge in [0.15, 0.2) is 17.3 Å². The van der Waals surface area contributed by atoms with Crippen LogP contribution < -0.4 is 9.47 Å². The average Bonchev–Trinajstić information content (AvgIpc) is 3.23. The Morgan fingerprint density at radius 3 is 2.74 bits per heavy atom. The Kier molecular flexibility index (Phi) is 3.12. The molecule has 1 atom stereocenters. The van der Waals surface area contributed by atoms with E-state index in [1.54, 1.807) is 18.2 Å². The van der Waals surface area contributed by atoms with Crippen LogP contribution in [0.1, 0.15) is 30.7 Å². The number of hydrogen-bond donors (Lipinski definition) is 0. The van der Waals surface area contributed by atoms with Crippen LogP contribution in [-0.2, 0) is 4.79 Å². The molecule has 0 N–H and O–H groups in total. The van der Waals surface area contributed by atoms with Crippen molar-refractivity contribution in [2.24, 2.45) is 5.92 Å². The minimum Gasteiger partial charge on any atom is -0.486 e. The fourth-order valence-electron chi connectivity index (χ4n) is 2.30. The highest BCUT2D eigenvalue weighted by Crippen LogP contribution is 2.37. The zero-order chi connectivity index (χ0) is 13.2. The van der Waals surface area contributed by atoms with Crippen LogP contribution in [-0.4, -0.2) is 19.0 Å². The molecule has 3 rings (SSSR count). The minimum atomic E-state index is -0.684. The molecule has 0 saturated heterocycles. The Morgan fingerprint density at radius 2 is 2.05 bits per heavy atom. The topological polar surface area (TPSA) is 59.3 Å². The fraction of sp³-hybridized carbons (Fsp3) is 0.467. The minimum absolute atomic E-state index is 0.0154. The molecule has 1 aliphatic heterocycles. The highest BCUT2D eigenvalue weighted by atomic mass is 16.6. The second-order valence-electron chi connectivity index (χ2n) is 5.08. The van der Waals surface area contributed by atoms with Gasteiger partial charge in [-0.3, -0.25) is 4.79 Å². The smallest absolute Gasteiger partial charge is 0.161 e. The lowest BCUT2D eigenvalue weighted by Gasteiger charge is -2.19. The van der Waals surface area contributed by atoms with Gasteiger partial charge in [0, 0.05) is 6.42 Å². The van der Waals surface area contributed by atoms with Crippen LogP contribution in [0.15, 0.2) is 18.2 Å². The van der Waals surface area contributed by atoms with Crippen LogP contribution in [0.25, 0.3) is 0 Å². The van der Waals surface area contributed by atoms with E-state index in [4.69, 9.17) is 9.47 Å². The molecule has 1 saturated carbocycles. The molecule has 1 aromatic carbocycles. The van der Waals surface area contributed by atoms with Crippen LogP contribution >= 0.6 is 0 Å². The maximum Gasteiger partial charge on any atom is 0.161 e. The van der Waals surface area contributed by atoms with E-state index >= 15 is 0 Å². The molecule has 0 radical (unpaired) electrons. The lowest BCUT2D eigenvalue weighted by Crippen LogP contribution is -2.16. The number of benzene rings is 1. The Labute approximate surface area is 111 Å². The molecule has 1 heterocycles. The molecule has 0 amide bonds. The SMILES string of the molecule is N#CC(C(=O)CC1CC1)c1ccc2c(c1)OCCO2. The third-order valence-corrected chi connectivity index (χ3v) is 3.54. The molecule has 0 spiro atoms. The van der Waals surface area contributed by atoms with E-state index < -0.39 is 5.92 Å². The number of ether oxygens (including phenoxy) is 2. The molecular formula is C15H15NO3. The van der Waals surface area contributed by atoms with Crippen molar-refractivity contribution < 1.29 is 14.3 Å². The maximum atomic E-state index is 12.1. The number of hydrogen-bond acceptors (Lipinski definition) is 4. The summed E-state index contributed by atoms with van der Waals surface area (Å²) >= 11 is 0. The number of carbonyl (C=O) groups is 1. The van der Waals surface area contributed by atoms with Crippen molar-refractivity contribution in [3.63, 3.8) is 0 Å². The molecule has 19 heavy (non-hydrogen) atoms. The summed E-state index contributed by atoms with van der Waals surface area (Å²) in [4.78, 5) is 12.1. The molecule has 4 nitrogen and oxygen atoms in total. The van der Waals surface area contributed by atoms with Gasteiger partial charge in [-0.15, -0.1) is 0 Å². The van der Waals surface area contributed by atoms with Gasteiger partial charge in [-0.25, -0.2) is 0 Å². The third kappa shape index (κ3) is 2.55. The quantitative estimate of drug-likeness (QED) is 0.831. The van der Waals surface area contributed by atoms with E-state index in [-0.39, 0.29) is 5.78 Å². The van der Waals surface area contributed by atoms with Crippen LogP contribution in [0, 0.1) is 17.2 Å². The van der Waals surface area contributed by atoms with Crippen molar-refractivity contribution in [3.05, 3.63) is 23.8 Å². The lowest BCUT2D eigenvalue weighted by atomic mass is 9.93. The highest BCUT2D eigenvalue weighted by Gasteiger charge is 2.29. The largest absolute Gasteiger partial charge is 0.486 e. The van der Waals surface area contributed by atoms with Gasteiger partial charge in [0.05, 0.1) is 6.07 Å². The zero-order valence-electron chi connectivity index (χ0n) is 10.6. The summed E-state index contributed by atoms with van der Waals surface area (Å²) in [5, 5.41) is 9.24. The molecule has 1 aromatic rings. The lowest BCUT2D eigenvalue weighted by molar-refractivity contribution is -0.119. The summed E-state index contributed by atoms with van der Waals surface area (Å²) in [7, 11) is 0. The van der Waals surface area contributed by atoms with Crippen molar-refractivity contribution in [2.75, 3.05) is 13.2 Å². The summed E-state index contributed by atoms with van der Waals surface area (Å²) in [5.41, 5.74) is 0.706. The molecule has 0 aromatic heterocycles. The molecule has 1 aliphatic carbocycles. The highest BCUT2D eigenvalue weighted by molar-refractivity contribution is 5.89. The number of carbonyl (C=O) groups excluding carboxylic acids is 1. The normalized spacial score (nSPS) is 18.5. The van der Waals surface area contributed by atoms with Gasteiger partial charge >= 0.3 is 0 Å².